The number of benzene rings is 1. The molecule has 0 saturated heterocycles. The van der Waals surface area contributed by atoms with Crippen LogP contribution < -0.4 is 10.5 Å². The Morgan fingerprint density at radius 3 is 2.47 bits per heavy atom. The highest BCUT2D eigenvalue weighted by Gasteiger charge is 2.18. The van der Waals surface area contributed by atoms with E-state index < -0.39 is 12.0 Å². The number of hydrogen-bond donors (Lipinski definition) is 2. The van der Waals surface area contributed by atoms with E-state index in [1.165, 1.54) is 0 Å². The van der Waals surface area contributed by atoms with Crippen molar-refractivity contribution in [3.8, 4) is 5.75 Å². The van der Waals surface area contributed by atoms with Crippen molar-refractivity contribution in [2.75, 3.05) is 7.11 Å². The molecule has 1 rings (SSSR count). The lowest BCUT2D eigenvalue weighted by molar-refractivity contribution is -0.138. The Morgan fingerprint density at radius 2 is 2.00 bits per heavy atom. The Morgan fingerprint density at radius 1 is 1.41 bits per heavy atom. The maximum absolute atomic E-state index is 10.8. The normalized spacial score (nSPS) is 12.3. The zero-order valence-corrected chi connectivity index (χ0v) is 10.7. The first kappa shape index (κ1) is 13.5. The molecule has 3 N–H and O–H groups in total. The monoisotopic (exact) mass is 237 g/mol. The van der Waals surface area contributed by atoms with Crippen LogP contribution in [0.1, 0.15) is 22.3 Å². The molecule has 0 fully saturated rings. The molecule has 0 aliphatic rings. The first-order valence-electron chi connectivity index (χ1n) is 5.50. The fourth-order valence-electron chi connectivity index (χ4n) is 1.94. The summed E-state index contributed by atoms with van der Waals surface area (Å²) in [5.41, 5.74) is 9.63. The topological polar surface area (TPSA) is 72.5 Å². The van der Waals surface area contributed by atoms with Crippen LogP contribution in [-0.2, 0) is 11.2 Å². The van der Waals surface area contributed by atoms with Gasteiger partial charge in [0.25, 0.3) is 0 Å². The fourth-order valence-corrected chi connectivity index (χ4v) is 1.94. The van der Waals surface area contributed by atoms with Gasteiger partial charge < -0.3 is 15.6 Å². The minimum absolute atomic E-state index is 0.283. The van der Waals surface area contributed by atoms with Crippen LogP contribution >= 0.6 is 0 Å². The van der Waals surface area contributed by atoms with Crippen molar-refractivity contribution in [3.05, 3.63) is 28.3 Å². The minimum Gasteiger partial charge on any atom is -0.496 e. The lowest BCUT2D eigenvalue weighted by Gasteiger charge is -2.18. The van der Waals surface area contributed by atoms with Crippen LogP contribution in [0.15, 0.2) is 6.07 Å². The van der Waals surface area contributed by atoms with Crippen molar-refractivity contribution in [1.29, 1.82) is 0 Å². The maximum Gasteiger partial charge on any atom is 0.320 e. The maximum atomic E-state index is 10.8. The van der Waals surface area contributed by atoms with Crippen molar-refractivity contribution in [1.82, 2.24) is 0 Å². The smallest absolute Gasteiger partial charge is 0.320 e. The van der Waals surface area contributed by atoms with Gasteiger partial charge in [-0.2, -0.15) is 0 Å². The lowest BCUT2D eigenvalue weighted by atomic mass is 9.94. The number of aliphatic carboxylic acids is 1. The molecule has 0 bridgehead atoms. The number of carboxylic acids is 1. The molecule has 1 unspecified atom stereocenters. The van der Waals surface area contributed by atoms with Crippen LogP contribution in [0.5, 0.6) is 5.75 Å². The van der Waals surface area contributed by atoms with Crippen LogP contribution in [0.4, 0.5) is 0 Å². The predicted octanol–water partition coefficient (Wildman–Crippen LogP) is 1.57. The average molecular weight is 237 g/mol. The van der Waals surface area contributed by atoms with Crippen molar-refractivity contribution in [3.63, 3.8) is 0 Å². The number of carboxylic acid groups (broad SMARTS) is 1. The highest BCUT2D eigenvalue weighted by atomic mass is 16.5. The largest absolute Gasteiger partial charge is 0.496 e. The van der Waals surface area contributed by atoms with Crippen LogP contribution in [0.2, 0.25) is 0 Å². The van der Waals surface area contributed by atoms with Gasteiger partial charge in [0, 0.05) is 6.42 Å². The van der Waals surface area contributed by atoms with Gasteiger partial charge in [0.1, 0.15) is 11.8 Å². The van der Waals surface area contributed by atoms with E-state index in [9.17, 15) is 4.79 Å². The molecule has 0 aromatic heterocycles. The molecule has 0 amide bonds. The number of nitrogens with two attached hydrogens (primary N) is 1. The zero-order valence-electron chi connectivity index (χ0n) is 10.7. The first-order chi connectivity index (χ1) is 7.88. The first-order valence-corrected chi connectivity index (χ1v) is 5.50. The summed E-state index contributed by atoms with van der Waals surface area (Å²) in [6.07, 6.45) is 0.283. The minimum atomic E-state index is -0.996. The second-order valence-electron chi connectivity index (χ2n) is 4.30. The van der Waals surface area contributed by atoms with Gasteiger partial charge in [-0.15, -0.1) is 0 Å². The van der Waals surface area contributed by atoms with E-state index in [2.05, 4.69) is 0 Å². The van der Waals surface area contributed by atoms with E-state index in [1.807, 2.05) is 26.8 Å². The SMILES string of the molecule is COc1c(C)c(C)cc(C)c1CC(N)C(=O)O. The van der Waals surface area contributed by atoms with Crippen molar-refractivity contribution in [2.24, 2.45) is 5.73 Å². The van der Waals surface area contributed by atoms with Gasteiger partial charge in [-0.05, 0) is 43.0 Å². The van der Waals surface area contributed by atoms with Crippen molar-refractivity contribution < 1.29 is 14.6 Å². The van der Waals surface area contributed by atoms with Crippen LogP contribution in [0, 0.1) is 20.8 Å². The predicted molar refractivity (Wildman–Crippen MR) is 66.5 cm³/mol. The van der Waals surface area contributed by atoms with Crippen LogP contribution in [0.3, 0.4) is 0 Å². The quantitative estimate of drug-likeness (QED) is 0.833. The van der Waals surface area contributed by atoms with E-state index in [4.69, 9.17) is 15.6 Å². The average Bonchev–Trinajstić information content (AvgIpc) is 2.26. The molecule has 0 aliphatic carbocycles. The van der Waals surface area contributed by atoms with E-state index in [0.717, 1.165) is 28.0 Å². The highest BCUT2D eigenvalue weighted by molar-refractivity contribution is 5.74. The van der Waals surface area contributed by atoms with Gasteiger partial charge in [0.2, 0.25) is 0 Å². The Bertz CT molecular complexity index is 441. The molecule has 0 heterocycles. The lowest BCUT2D eigenvalue weighted by Crippen LogP contribution is -2.32. The Balaban J connectivity index is 3.22. The number of aryl methyl sites for hydroxylation is 2. The molecule has 94 valence electrons. The summed E-state index contributed by atoms with van der Waals surface area (Å²) in [5, 5.41) is 8.86. The summed E-state index contributed by atoms with van der Waals surface area (Å²) >= 11 is 0. The third-order valence-electron chi connectivity index (χ3n) is 3.06. The molecule has 1 aromatic rings. The Labute approximate surface area is 101 Å². The number of rotatable bonds is 4. The number of hydrogen-bond acceptors (Lipinski definition) is 3. The molecule has 4 nitrogen and oxygen atoms in total. The third-order valence-corrected chi connectivity index (χ3v) is 3.06. The van der Waals surface area contributed by atoms with Crippen LogP contribution in [-0.4, -0.2) is 24.2 Å². The number of carbonyl (C=O) groups is 1. The van der Waals surface area contributed by atoms with E-state index in [0.29, 0.717) is 0 Å². The fraction of sp³-hybridized carbons (Fsp3) is 0.462. The van der Waals surface area contributed by atoms with Gasteiger partial charge >= 0.3 is 5.97 Å². The molecular formula is C13H19NO3. The molecule has 0 radical (unpaired) electrons. The number of methoxy groups -OCH3 is 1. The van der Waals surface area contributed by atoms with E-state index in [-0.39, 0.29) is 6.42 Å². The third kappa shape index (κ3) is 2.77. The Kier molecular flexibility index (Phi) is 4.12. The summed E-state index contributed by atoms with van der Waals surface area (Å²) in [4.78, 5) is 10.8. The van der Waals surface area contributed by atoms with E-state index >= 15 is 0 Å². The second-order valence-corrected chi connectivity index (χ2v) is 4.30. The van der Waals surface area contributed by atoms with Gasteiger partial charge in [-0.25, -0.2) is 0 Å². The van der Waals surface area contributed by atoms with E-state index in [1.54, 1.807) is 7.11 Å². The molecule has 0 spiro atoms. The highest BCUT2D eigenvalue weighted by Crippen LogP contribution is 2.30. The molecule has 17 heavy (non-hydrogen) atoms. The molecule has 1 aromatic carbocycles. The summed E-state index contributed by atoms with van der Waals surface area (Å²) in [7, 11) is 1.59. The van der Waals surface area contributed by atoms with Gasteiger partial charge in [0.05, 0.1) is 7.11 Å². The van der Waals surface area contributed by atoms with Gasteiger partial charge in [-0.1, -0.05) is 6.07 Å². The standard InChI is InChI=1S/C13H19NO3/c1-7-5-8(2)10(6-11(14)13(15)16)12(17-4)9(7)3/h5,11H,6,14H2,1-4H3,(H,15,16). The van der Waals surface area contributed by atoms with Gasteiger partial charge in [0.15, 0.2) is 0 Å². The van der Waals surface area contributed by atoms with Crippen molar-refractivity contribution >= 4 is 5.97 Å². The van der Waals surface area contributed by atoms with Crippen molar-refractivity contribution in [2.45, 2.75) is 33.2 Å². The summed E-state index contributed by atoms with van der Waals surface area (Å²) in [5.74, 6) is -0.246. The zero-order chi connectivity index (χ0) is 13.2. The second kappa shape index (κ2) is 5.19. The van der Waals surface area contributed by atoms with Gasteiger partial charge in [-0.3, -0.25) is 4.79 Å². The molecule has 0 saturated carbocycles. The van der Waals surface area contributed by atoms with Crippen LogP contribution in [0.25, 0.3) is 0 Å². The molecule has 0 aliphatic heterocycles. The molecular weight excluding hydrogens is 218 g/mol. The summed E-state index contributed by atoms with van der Waals surface area (Å²) < 4.78 is 5.37. The molecule has 1 atom stereocenters. The summed E-state index contributed by atoms with van der Waals surface area (Å²) in [6, 6.07) is 1.13. The molecule has 4 heteroatoms. The summed E-state index contributed by atoms with van der Waals surface area (Å²) in [6.45, 7) is 5.91. The Hall–Kier alpha value is -1.55. The number of ether oxygens (including phenoxy) is 1.